The van der Waals surface area contributed by atoms with Crippen LogP contribution < -0.4 is 44.1 Å². The van der Waals surface area contributed by atoms with Gasteiger partial charge in [0.2, 0.25) is 5.36 Å². The molecule has 5 heterocycles. The van der Waals surface area contributed by atoms with E-state index in [9.17, 15) is 34.1 Å². The van der Waals surface area contributed by atoms with E-state index in [1.165, 1.54) is 54.4 Å². The number of carbonyl (C=O) groups is 3. The third kappa shape index (κ3) is 8.27. The normalized spacial score (nSPS) is 14.5. The number of rotatable bonds is 15. The van der Waals surface area contributed by atoms with Crippen LogP contribution in [0.4, 0.5) is 21.5 Å². The molecule has 0 saturated carbocycles. The fourth-order valence-corrected chi connectivity index (χ4v) is 13.9. The van der Waals surface area contributed by atoms with Gasteiger partial charge in [-0.2, -0.15) is 0 Å². The average Bonchev–Trinajstić information content (AvgIpc) is 4.02. The molecule has 0 saturated heterocycles. The number of nitrogens with zero attached hydrogens (tertiary/aromatic N) is 4. The fraction of sp³-hybridized carbons (Fsp3) is 0.254. The van der Waals surface area contributed by atoms with Crippen molar-refractivity contribution in [2.45, 2.75) is 45.7 Å². The van der Waals surface area contributed by atoms with E-state index in [1.807, 2.05) is 6.07 Å². The Morgan fingerprint density at radius 2 is 1.25 bits per heavy atom. The summed E-state index contributed by atoms with van der Waals surface area (Å²) in [5, 5.41) is 34.0. The SMILES string of the molecule is CCN(CC(=O)O)c1ccc(F)cc1OCCOc1cc(C2=c3cc4c(cc3Oc3cc5c(cc32)-c2sc3ccccc3c2C(C)(C)N5C)=[N+](C)C(C)(C)c2c-4sc3ccccc23)ccc1N(CC(=O)O)CC(=O)O. The smallest absolute Gasteiger partial charge is 0.323 e. The Kier molecular flexibility index (Phi) is 12.1. The van der Waals surface area contributed by atoms with Gasteiger partial charge in [0.1, 0.15) is 68.7 Å². The zero-order valence-corrected chi connectivity index (χ0v) is 44.0. The minimum atomic E-state index is -1.24. The predicted octanol–water partition coefficient (Wildman–Crippen LogP) is 10.3. The summed E-state index contributed by atoms with van der Waals surface area (Å²) in [6, 6.07) is 34.9. The van der Waals surface area contributed by atoms with Gasteiger partial charge in [-0.1, -0.05) is 42.5 Å². The van der Waals surface area contributed by atoms with Crippen LogP contribution in [0, 0.1) is 5.82 Å². The van der Waals surface area contributed by atoms with Gasteiger partial charge < -0.3 is 44.2 Å². The van der Waals surface area contributed by atoms with Crippen molar-refractivity contribution in [1.82, 2.24) is 4.58 Å². The Morgan fingerprint density at radius 1 is 0.680 bits per heavy atom. The van der Waals surface area contributed by atoms with Crippen molar-refractivity contribution < 1.29 is 48.3 Å². The highest BCUT2D eigenvalue weighted by molar-refractivity contribution is 7.23. The van der Waals surface area contributed by atoms with E-state index in [2.05, 4.69) is 124 Å². The largest absolute Gasteiger partial charge is 0.488 e. The Balaban J connectivity index is 1.13. The summed E-state index contributed by atoms with van der Waals surface area (Å²) in [7, 11) is 4.24. The first-order valence-electron chi connectivity index (χ1n) is 24.6. The molecule has 0 radical (unpaired) electrons. The highest BCUT2D eigenvalue weighted by atomic mass is 32.1. The van der Waals surface area contributed by atoms with Crippen LogP contribution in [-0.4, -0.2) is 86.7 Å². The molecule has 0 spiro atoms. The highest BCUT2D eigenvalue weighted by Crippen LogP contribution is 2.56. The molecule has 0 fully saturated rings. The summed E-state index contributed by atoms with van der Waals surface area (Å²) in [5.74, 6) is -2.57. The van der Waals surface area contributed by atoms with E-state index < -0.39 is 36.8 Å². The topological polar surface area (TPSA) is 152 Å². The molecule has 0 aliphatic carbocycles. The number of carboxylic acids is 3. The Hall–Kier alpha value is -7.95. The molecule has 16 heteroatoms. The molecule has 0 unspecified atom stereocenters. The van der Waals surface area contributed by atoms with Crippen LogP contribution in [0.3, 0.4) is 0 Å². The Bertz CT molecular complexity index is 3850. The van der Waals surface area contributed by atoms with Crippen molar-refractivity contribution in [2.24, 2.45) is 0 Å². The second-order valence-electron chi connectivity index (χ2n) is 20.1. The first-order chi connectivity index (χ1) is 35.8. The highest BCUT2D eigenvalue weighted by Gasteiger charge is 2.43. The number of fused-ring (bicyclic) bond motifs is 12. The van der Waals surface area contributed by atoms with Gasteiger partial charge in [0, 0.05) is 98.0 Å². The molecule has 3 aliphatic heterocycles. The fourth-order valence-electron chi connectivity index (χ4n) is 11.1. The molecule has 0 atom stereocenters. The van der Waals surface area contributed by atoms with Crippen molar-refractivity contribution in [3.63, 3.8) is 0 Å². The number of hydrogen-bond donors (Lipinski definition) is 3. The number of aliphatic carboxylic acids is 3. The second kappa shape index (κ2) is 18.5. The summed E-state index contributed by atoms with van der Waals surface area (Å²) < 4.78 is 39.2. The van der Waals surface area contributed by atoms with Gasteiger partial charge >= 0.3 is 17.9 Å². The maximum atomic E-state index is 14.7. The van der Waals surface area contributed by atoms with E-state index in [0.29, 0.717) is 29.3 Å². The lowest BCUT2D eigenvalue weighted by Gasteiger charge is -2.43. The van der Waals surface area contributed by atoms with Crippen LogP contribution in [0.2, 0.25) is 0 Å². The summed E-state index contributed by atoms with van der Waals surface area (Å²) in [6.07, 6.45) is 0. The first kappa shape index (κ1) is 49.3. The lowest BCUT2D eigenvalue weighted by Crippen LogP contribution is -2.46. The number of thiophene rings is 2. The zero-order valence-electron chi connectivity index (χ0n) is 42.4. The van der Waals surface area contributed by atoms with Crippen LogP contribution in [0.5, 0.6) is 23.0 Å². The molecule has 3 aliphatic rings. The van der Waals surface area contributed by atoms with Crippen LogP contribution in [0.1, 0.15) is 56.9 Å². The summed E-state index contributed by atoms with van der Waals surface area (Å²) in [5.41, 5.74) is 7.74. The number of benzene rings is 6. The number of likely N-dealkylation sites (N-methyl/N-ethyl adjacent to an activating group) is 1. The predicted molar refractivity (Wildman–Crippen MR) is 294 cm³/mol. The molecule has 8 aromatic rings. The number of carboxylic acid groups (broad SMARTS) is 3. The Morgan fingerprint density at radius 3 is 1.89 bits per heavy atom. The maximum Gasteiger partial charge on any atom is 0.323 e. The van der Waals surface area contributed by atoms with Gasteiger partial charge in [-0.3, -0.25) is 14.4 Å². The molecule has 2 aromatic heterocycles. The number of hydrogen-bond acceptors (Lipinski definition) is 11. The van der Waals surface area contributed by atoms with Crippen molar-refractivity contribution in [3.05, 3.63) is 148 Å². The number of ether oxygens (including phenoxy) is 3. The van der Waals surface area contributed by atoms with E-state index in [4.69, 9.17) is 14.2 Å². The maximum absolute atomic E-state index is 14.7. The quantitative estimate of drug-likeness (QED) is 0.0662. The van der Waals surface area contributed by atoms with Crippen LogP contribution in [0.15, 0.2) is 109 Å². The van der Waals surface area contributed by atoms with Crippen LogP contribution in [-0.2, 0) is 25.5 Å². The van der Waals surface area contributed by atoms with Crippen molar-refractivity contribution >= 4 is 83.4 Å². The number of anilines is 3. The van der Waals surface area contributed by atoms with E-state index in [-0.39, 0.29) is 48.0 Å². The molecule has 382 valence electrons. The van der Waals surface area contributed by atoms with Gasteiger partial charge in [-0.15, -0.1) is 22.7 Å². The molecular weight excluding hydrogens is 992 g/mol. The molecule has 13 nitrogen and oxygen atoms in total. The molecular formula is C59H54FN4O9S2+. The molecule has 6 aromatic carbocycles. The second-order valence-corrected chi connectivity index (χ2v) is 22.2. The van der Waals surface area contributed by atoms with Crippen molar-refractivity contribution in [3.8, 4) is 43.9 Å². The zero-order chi connectivity index (χ0) is 52.8. The molecule has 0 bridgehead atoms. The van der Waals surface area contributed by atoms with Crippen molar-refractivity contribution in [2.75, 3.05) is 68.2 Å². The van der Waals surface area contributed by atoms with E-state index in [1.54, 1.807) is 46.6 Å². The van der Waals surface area contributed by atoms with Gasteiger partial charge in [-0.25, -0.2) is 8.97 Å². The standard InChI is InChI=1S/C59H53FN4O9S2/c1-8-63(29-50(65)66)40-20-18-33(60)24-47(40)72-22-21-71-46-23-32(17-19-41(46)64(30-51(67)68)31-52(69)70)53-38-25-36-42(61(6)58(2,3)54-34-13-9-11-15-48(34)74-56(36)54)27-44(38)73-45-28-43-37(26-39(45)53)57-55(59(4,5)62(43)7)35-14-10-12-16-49(35)75-57/h9-20,23-28H,8,21-22,29-31H2,1-7H3,(H2-,65,66,67,68,69,70)/p+1. The lowest BCUT2D eigenvalue weighted by molar-refractivity contribution is -0.137. The molecule has 0 amide bonds. The molecule has 3 N–H and O–H groups in total. The van der Waals surface area contributed by atoms with Crippen LogP contribution in [0.25, 0.3) is 46.6 Å². The minimum Gasteiger partial charge on any atom is -0.488 e. The first-order valence-corrected chi connectivity index (χ1v) is 26.3. The minimum absolute atomic E-state index is 0.110. The van der Waals surface area contributed by atoms with Gasteiger partial charge in [-0.05, 0) is 80.3 Å². The summed E-state index contributed by atoms with van der Waals surface area (Å²) in [4.78, 5) is 43.8. The summed E-state index contributed by atoms with van der Waals surface area (Å²) >= 11 is 3.53. The number of halogens is 1. The third-order valence-electron chi connectivity index (χ3n) is 15.1. The molecule has 75 heavy (non-hydrogen) atoms. The average molecular weight is 1050 g/mol. The van der Waals surface area contributed by atoms with Gasteiger partial charge in [0.25, 0.3) is 0 Å². The van der Waals surface area contributed by atoms with Crippen molar-refractivity contribution in [1.29, 1.82) is 0 Å². The van der Waals surface area contributed by atoms with Gasteiger partial charge in [0.15, 0.2) is 5.54 Å². The molecule has 11 rings (SSSR count). The third-order valence-corrected chi connectivity index (χ3v) is 17.5. The van der Waals surface area contributed by atoms with Crippen LogP contribution >= 0.6 is 22.7 Å². The van der Waals surface area contributed by atoms with Gasteiger partial charge in [0.05, 0.1) is 33.4 Å². The lowest BCUT2D eigenvalue weighted by atomic mass is 9.81. The van der Waals surface area contributed by atoms with E-state index in [0.717, 1.165) is 48.3 Å². The Labute approximate surface area is 439 Å². The van der Waals surface area contributed by atoms with E-state index >= 15 is 0 Å². The summed E-state index contributed by atoms with van der Waals surface area (Å²) in [6.45, 7) is 9.17. The monoisotopic (exact) mass is 1050 g/mol.